The van der Waals surface area contributed by atoms with Crippen molar-refractivity contribution in [3.05, 3.63) is 34.4 Å². The molecule has 0 aliphatic carbocycles. The number of hydrogen-bond donors (Lipinski definition) is 1. The molecule has 1 rings (SSSR count). The molecular formula is C12H17F2N. The first-order valence-electron chi connectivity index (χ1n) is 5.14. The maximum Gasteiger partial charge on any atom is 0.130 e. The van der Waals surface area contributed by atoms with Crippen molar-refractivity contribution in [2.45, 2.75) is 33.1 Å². The monoisotopic (exact) mass is 213 g/mol. The first-order chi connectivity index (χ1) is 6.99. The quantitative estimate of drug-likeness (QED) is 0.820. The smallest absolute Gasteiger partial charge is 0.130 e. The zero-order chi connectivity index (χ0) is 11.6. The first kappa shape index (κ1) is 12.1. The van der Waals surface area contributed by atoms with Crippen LogP contribution in [0.15, 0.2) is 6.07 Å². The van der Waals surface area contributed by atoms with Crippen LogP contribution < -0.4 is 5.73 Å². The molecule has 1 nitrogen and oxygen atoms in total. The second kappa shape index (κ2) is 4.71. The lowest BCUT2D eigenvalue weighted by molar-refractivity contribution is 0.544. The molecule has 0 aromatic heterocycles. The molecule has 0 saturated carbocycles. The summed E-state index contributed by atoms with van der Waals surface area (Å²) in [4.78, 5) is 0. The fourth-order valence-electron chi connectivity index (χ4n) is 1.85. The Kier molecular flexibility index (Phi) is 3.80. The average Bonchev–Trinajstić information content (AvgIpc) is 2.16. The molecule has 84 valence electrons. The van der Waals surface area contributed by atoms with E-state index in [1.54, 1.807) is 13.8 Å². The summed E-state index contributed by atoms with van der Waals surface area (Å²) < 4.78 is 27.2. The molecule has 1 aromatic rings. The van der Waals surface area contributed by atoms with Crippen LogP contribution in [0.25, 0.3) is 0 Å². The van der Waals surface area contributed by atoms with Crippen LogP contribution >= 0.6 is 0 Å². The predicted molar refractivity (Wildman–Crippen MR) is 57.9 cm³/mol. The number of halogens is 2. The predicted octanol–water partition coefficient (Wildman–Crippen LogP) is 3.03. The summed E-state index contributed by atoms with van der Waals surface area (Å²) in [6.45, 7) is 5.55. The van der Waals surface area contributed by atoms with E-state index in [9.17, 15) is 8.78 Å². The van der Waals surface area contributed by atoms with Gasteiger partial charge in [0.15, 0.2) is 0 Å². The summed E-state index contributed by atoms with van der Waals surface area (Å²) in [7, 11) is 0. The highest BCUT2D eigenvalue weighted by molar-refractivity contribution is 5.36. The van der Waals surface area contributed by atoms with Crippen LogP contribution in [0.5, 0.6) is 0 Å². The van der Waals surface area contributed by atoms with E-state index in [2.05, 4.69) is 0 Å². The van der Waals surface area contributed by atoms with Gasteiger partial charge in [0.1, 0.15) is 11.6 Å². The topological polar surface area (TPSA) is 26.0 Å². The Balaban J connectivity index is 3.26. The van der Waals surface area contributed by atoms with Crippen molar-refractivity contribution >= 4 is 0 Å². The molecule has 0 aliphatic rings. The van der Waals surface area contributed by atoms with Gasteiger partial charge in [-0.1, -0.05) is 6.92 Å². The summed E-state index contributed by atoms with van der Waals surface area (Å²) in [5, 5.41) is 0. The van der Waals surface area contributed by atoms with E-state index in [1.165, 1.54) is 6.07 Å². The minimum absolute atomic E-state index is 0.0376. The van der Waals surface area contributed by atoms with Gasteiger partial charge in [0.2, 0.25) is 0 Å². The molecule has 0 heterocycles. The highest BCUT2D eigenvalue weighted by Gasteiger charge is 2.18. The highest BCUT2D eigenvalue weighted by atomic mass is 19.1. The van der Waals surface area contributed by atoms with E-state index in [-0.39, 0.29) is 17.6 Å². The van der Waals surface area contributed by atoms with E-state index >= 15 is 0 Å². The van der Waals surface area contributed by atoms with Crippen LogP contribution in [0.1, 0.15) is 36.0 Å². The summed E-state index contributed by atoms with van der Waals surface area (Å²) >= 11 is 0. The normalized spacial score (nSPS) is 12.9. The van der Waals surface area contributed by atoms with Crippen LogP contribution in [0, 0.1) is 25.5 Å². The molecule has 0 fully saturated rings. The standard InChI is InChI=1S/C12H17F2N/c1-7(4-5-15)11-9(3)10(13)6-8(2)12(11)14/h6-7H,4-5,15H2,1-3H3. The van der Waals surface area contributed by atoms with E-state index in [4.69, 9.17) is 5.73 Å². The highest BCUT2D eigenvalue weighted by Crippen LogP contribution is 2.28. The fraction of sp³-hybridized carbons (Fsp3) is 0.500. The summed E-state index contributed by atoms with van der Waals surface area (Å²) in [6, 6.07) is 1.24. The van der Waals surface area contributed by atoms with Gasteiger partial charge in [-0.2, -0.15) is 0 Å². The van der Waals surface area contributed by atoms with Gasteiger partial charge < -0.3 is 5.73 Å². The zero-order valence-electron chi connectivity index (χ0n) is 9.40. The van der Waals surface area contributed by atoms with Crippen molar-refractivity contribution in [1.82, 2.24) is 0 Å². The van der Waals surface area contributed by atoms with Gasteiger partial charge in [-0.3, -0.25) is 0 Å². The van der Waals surface area contributed by atoms with Crippen molar-refractivity contribution in [2.75, 3.05) is 6.54 Å². The van der Waals surface area contributed by atoms with Crippen molar-refractivity contribution in [3.8, 4) is 0 Å². The van der Waals surface area contributed by atoms with Crippen LogP contribution in [0.2, 0.25) is 0 Å². The van der Waals surface area contributed by atoms with E-state index < -0.39 is 0 Å². The van der Waals surface area contributed by atoms with Crippen LogP contribution in [-0.2, 0) is 0 Å². The van der Waals surface area contributed by atoms with Crippen molar-refractivity contribution in [1.29, 1.82) is 0 Å². The Hall–Kier alpha value is -0.960. The Morgan fingerprint density at radius 3 is 2.47 bits per heavy atom. The molecule has 3 heteroatoms. The number of benzene rings is 1. The lowest BCUT2D eigenvalue weighted by Gasteiger charge is -2.16. The van der Waals surface area contributed by atoms with E-state index in [0.29, 0.717) is 29.7 Å². The van der Waals surface area contributed by atoms with Gasteiger partial charge in [-0.25, -0.2) is 8.78 Å². The molecule has 1 atom stereocenters. The minimum atomic E-state index is -0.340. The lowest BCUT2D eigenvalue weighted by Crippen LogP contribution is -2.09. The Morgan fingerprint density at radius 2 is 1.93 bits per heavy atom. The average molecular weight is 213 g/mol. The first-order valence-corrected chi connectivity index (χ1v) is 5.14. The Bertz CT molecular complexity index is 335. The van der Waals surface area contributed by atoms with Gasteiger partial charge in [0, 0.05) is 0 Å². The van der Waals surface area contributed by atoms with Crippen LogP contribution in [0.3, 0.4) is 0 Å². The van der Waals surface area contributed by atoms with Crippen molar-refractivity contribution < 1.29 is 8.78 Å². The summed E-state index contributed by atoms with van der Waals surface area (Å²) in [5.74, 6) is -0.674. The van der Waals surface area contributed by atoms with E-state index in [1.807, 2.05) is 6.92 Å². The second-order valence-corrected chi connectivity index (χ2v) is 4.01. The molecule has 0 radical (unpaired) electrons. The van der Waals surface area contributed by atoms with E-state index in [0.717, 1.165) is 0 Å². The number of nitrogens with two attached hydrogens (primary N) is 1. The maximum absolute atomic E-state index is 13.8. The molecule has 1 aromatic carbocycles. The lowest BCUT2D eigenvalue weighted by atomic mass is 9.91. The van der Waals surface area contributed by atoms with Crippen molar-refractivity contribution in [3.63, 3.8) is 0 Å². The molecule has 1 unspecified atom stereocenters. The van der Waals surface area contributed by atoms with Gasteiger partial charge in [0.05, 0.1) is 0 Å². The van der Waals surface area contributed by atoms with Crippen molar-refractivity contribution in [2.24, 2.45) is 5.73 Å². The van der Waals surface area contributed by atoms with Gasteiger partial charge in [0.25, 0.3) is 0 Å². The number of rotatable bonds is 3. The maximum atomic E-state index is 13.8. The van der Waals surface area contributed by atoms with Crippen LogP contribution in [-0.4, -0.2) is 6.54 Å². The molecular weight excluding hydrogens is 196 g/mol. The largest absolute Gasteiger partial charge is 0.330 e. The molecule has 15 heavy (non-hydrogen) atoms. The zero-order valence-corrected chi connectivity index (χ0v) is 9.40. The molecule has 0 saturated heterocycles. The third-order valence-electron chi connectivity index (χ3n) is 2.78. The molecule has 2 N–H and O–H groups in total. The molecule has 0 bridgehead atoms. The fourth-order valence-corrected chi connectivity index (χ4v) is 1.85. The van der Waals surface area contributed by atoms with Gasteiger partial charge >= 0.3 is 0 Å². The summed E-state index contributed by atoms with van der Waals surface area (Å²) in [6.07, 6.45) is 0.667. The number of hydrogen-bond acceptors (Lipinski definition) is 1. The molecule has 0 amide bonds. The Morgan fingerprint density at radius 1 is 1.33 bits per heavy atom. The minimum Gasteiger partial charge on any atom is -0.330 e. The SMILES string of the molecule is Cc1cc(F)c(C)c(C(C)CCN)c1F. The van der Waals surface area contributed by atoms with Gasteiger partial charge in [-0.05, 0) is 55.5 Å². The molecule has 0 aliphatic heterocycles. The molecule has 0 spiro atoms. The third kappa shape index (κ3) is 2.34. The van der Waals surface area contributed by atoms with Crippen LogP contribution in [0.4, 0.5) is 8.78 Å². The number of aryl methyl sites for hydroxylation is 1. The Labute approximate surface area is 89.3 Å². The summed E-state index contributed by atoms with van der Waals surface area (Å²) in [5.41, 5.74) is 6.66. The van der Waals surface area contributed by atoms with Gasteiger partial charge in [-0.15, -0.1) is 0 Å². The second-order valence-electron chi connectivity index (χ2n) is 4.01. The third-order valence-corrected chi connectivity index (χ3v) is 2.78.